The average Bonchev–Trinajstić information content (AvgIpc) is 1.68. The van der Waals surface area contributed by atoms with Gasteiger partial charge in [-0.3, -0.25) is 0 Å². The molecular formula is C4H9NO2. The number of rotatable bonds is 3. The van der Waals surface area contributed by atoms with Gasteiger partial charge in [0.25, 0.3) is 0 Å². The van der Waals surface area contributed by atoms with Gasteiger partial charge in [0.1, 0.15) is 6.29 Å². The highest BCUT2D eigenvalue weighted by molar-refractivity contribution is 5.50. The third-order valence-corrected chi connectivity index (χ3v) is 0.640. The predicted molar refractivity (Wildman–Crippen MR) is 25.7 cm³/mol. The van der Waals surface area contributed by atoms with Gasteiger partial charge in [0.05, 0.1) is 6.10 Å². The zero-order valence-electron chi connectivity index (χ0n) is 4.00. The number of hydrogen-bond donors (Lipinski definition) is 2. The minimum Gasteiger partial charge on any atom is -0.391 e. The summed E-state index contributed by atoms with van der Waals surface area (Å²) in [5, 5.41) is 8.50. The van der Waals surface area contributed by atoms with Crippen LogP contribution in [0, 0.1) is 0 Å². The molecule has 0 aliphatic heterocycles. The van der Waals surface area contributed by atoms with Crippen LogP contribution in [0.2, 0.25) is 0 Å². The molecule has 3 N–H and O–H groups in total. The van der Waals surface area contributed by atoms with E-state index in [-0.39, 0.29) is 13.0 Å². The fraction of sp³-hybridized carbons (Fsp3) is 0.750. The zero-order valence-corrected chi connectivity index (χ0v) is 4.00. The summed E-state index contributed by atoms with van der Waals surface area (Å²) in [6.45, 7) is 0.165. The molecule has 0 heterocycles. The molecule has 0 aliphatic rings. The molecule has 0 rings (SSSR count). The van der Waals surface area contributed by atoms with Crippen molar-refractivity contribution >= 4 is 6.29 Å². The minimum atomic E-state index is -0.641. The van der Waals surface area contributed by atoms with Crippen molar-refractivity contribution in [3.8, 4) is 0 Å². The molecule has 42 valence electrons. The van der Waals surface area contributed by atoms with Gasteiger partial charge < -0.3 is 15.6 Å². The molecule has 0 radical (unpaired) electrons. The summed E-state index contributed by atoms with van der Waals surface area (Å²) in [7, 11) is 0. The van der Waals surface area contributed by atoms with E-state index in [4.69, 9.17) is 10.8 Å². The van der Waals surface area contributed by atoms with Crippen LogP contribution in [0.4, 0.5) is 0 Å². The first-order valence-corrected chi connectivity index (χ1v) is 2.13. The van der Waals surface area contributed by atoms with Crippen molar-refractivity contribution in [2.75, 3.05) is 6.54 Å². The molecule has 0 saturated heterocycles. The molecule has 3 heteroatoms. The predicted octanol–water partition coefficient (Wildman–Crippen LogP) is -1.10. The summed E-state index contributed by atoms with van der Waals surface area (Å²) < 4.78 is 0. The van der Waals surface area contributed by atoms with E-state index < -0.39 is 6.10 Å². The van der Waals surface area contributed by atoms with Gasteiger partial charge in [-0.15, -0.1) is 0 Å². The standard InChI is InChI=1S/C4H9NO2/c5-3-4(7)1-2-6/h2,4,7H,1,3,5H2. The Hall–Kier alpha value is -0.410. The maximum absolute atomic E-state index is 9.56. The van der Waals surface area contributed by atoms with E-state index in [2.05, 4.69) is 0 Å². The third-order valence-electron chi connectivity index (χ3n) is 0.640. The lowest BCUT2D eigenvalue weighted by molar-refractivity contribution is -0.109. The number of aliphatic hydroxyl groups is 1. The van der Waals surface area contributed by atoms with Gasteiger partial charge >= 0.3 is 0 Å². The van der Waals surface area contributed by atoms with Crippen molar-refractivity contribution in [2.45, 2.75) is 12.5 Å². The molecule has 3 nitrogen and oxygen atoms in total. The first-order valence-electron chi connectivity index (χ1n) is 2.13. The number of carbonyl (C=O) groups excluding carboxylic acids is 1. The molecule has 0 fully saturated rings. The van der Waals surface area contributed by atoms with E-state index in [0.29, 0.717) is 6.29 Å². The van der Waals surface area contributed by atoms with Crippen LogP contribution < -0.4 is 5.73 Å². The van der Waals surface area contributed by atoms with Gasteiger partial charge in [-0.1, -0.05) is 0 Å². The van der Waals surface area contributed by atoms with E-state index in [1.54, 1.807) is 0 Å². The molecule has 1 atom stereocenters. The molecule has 0 aromatic heterocycles. The second kappa shape index (κ2) is 3.77. The molecule has 0 amide bonds. The number of aliphatic hydroxyl groups excluding tert-OH is 1. The van der Waals surface area contributed by atoms with Crippen LogP contribution in [0.5, 0.6) is 0 Å². The second-order valence-corrected chi connectivity index (χ2v) is 1.29. The van der Waals surface area contributed by atoms with Crippen molar-refractivity contribution in [3.05, 3.63) is 0 Å². The summed E-state index contributed by atoms with van der Waals surface area (Å²) >= 11 is 0. The van der Waals surface area contributed by atoms with E-state index in [9.17, 15) is 4.79 Å². The van der Waals surface area contributed by atoms with Gasteiger partial charge in [0.15, 0.2) is 0 Å². The highest BCUT2D eigenvalue weighted by Crippen LogP contribution is 1.80. The Kier molecular flexibility index (Phi) is 3.55. The van der Waals surface area contributed by atoms with Crippen LogP contribution in [0.25, 0.3) is 0 Å². The van der Waals surface area contributed by atoms with Gasteiger partial charge in [-0.05, 0) is 0 Å². The van der Waals surface area contributed by atoms with Crippen molar-refractivity contribution < 1.29 is 9.90 Å². The van der Waals surface area contributed by atoms with Crippen LogP contribution >= 0.6 is 0 Å². The zero-order chi connectivity index (χ0) is 5.70. The summed E-state index contributed by atoms with van der Waals surface area (Å²) in [5.74, 6) is 0. The molecule has 0 aliphatic carbocycles. The summed E-state index contributed by atoms with van der Waals surface area (Å²) in [4.78, 5) is 9.56. The van der Waals surface area contributed by atoms with Crippen molar-refractivity contribution in [1.29, 1.82) is 0 Å². The van der Waals surface area contributed by atoms with E-state index >= 15 is 0 Å². The number of hydrogen-bond acceptors (Lipinski definition) is 3. The van der Waals surface area contributed by atoms with E-state index in [0.717, 1.165) is 0 Å². The van der Waals surface area contributed by atoms with E-state index in [1.807, 2.05) is 0 Å². The summed E-state index contributed by atoms with van der Waals surface area (Å²) in [6, 6.07) is 0. The number of aldehydes is 1. The smallest absolute Gasteiger partial charge is 0.122 e. The fourth-order valence-corrected chi connectivity index (χ4v) is 0.207. The maximum Gasteiger partial charge on any atom is 0.122 e. The molecule has 0 aromatic rings. The molecule has 0 bridgehead atoms. The van der Waals surface area contributed by atoms with Gasteiger partial charge in [0, 0.05) is 13.0 Å². The van der Waals surface area contributed by atoms with Gasteiger partial charge in [-0.25, -0.2) is 0 Å². The van der Waals surface area contributed by atoms with Crippen LogP contribution in [0.1, 0.15) is 6.42 Å². The highest BCUT2D eigenvalue weighted by Gasteiger charge is 1.95. The Bertz CT molecular complexity index is 55.7. The normalized spacial score (nSPS) is 13.4. The van der Waals surface area contributed by atoms with E-state index in [1.165, 1.54) is 0 Å². The summed E-state index contributed by atoms with van der Waals surface area (Å²) in [6.07, 6.45) is 0.158. The lowest BCUT2D eigenvalue weighted by atomic mass is 10.3. The Labute approximate surface area is 42.1 Å². The average molecular weight is 103 g/mol. The monoisotopic (exact) mass is 103 g/mol. The second-order valence-electron chi connectivity index (χ2n) is 1.29. The summed E-state index contributed by atoms with van der Waals surface area (Å²) in [5.41, 5.74) is 4.95. The SMILES string of the molecule is NCC(O)CC=O. The number of carbonyl (C=O) groups is 1. The Morgan fingerprint density at radius 3 is 2.57 bits per heavy atom. The molecule has 7 heavy (non-hydrogen) atoms. The van der Waals surface area contributed by atoms with Crippen LogP contribution in [-0.2, 0) is 4.79 Å². The van der Waals surface area contributed by atoms with Gasteiger partial charge in [-0.2, -0.15) is 0 Å². The lowest BCUT2D eigenvalue weighted by Crippen LogP contribution is -2.19. The van der Waals surface area contributed by atoms with Crippen LogP contribution in [0.3, 0.4) is 0 Å². The topological polar surface area (TPSA) is 63.3 Å². The first-order chi connectivity index (χ1) is 3.31. The first kappa shape index (κ1) is 6.59. The number of nitrogens with two attached hydrogens (primary N) is 1. The lowest BCUT2D eigenvalue weighted by Gasteiger charge is -1.97. The Balaban J connectivity index is 2.98. The van der Waals surface area contributed by atoms with Crippen LogP contribution in [-0.4, -0.2) is 24.0 Å². The van der Waals surface area contributed by atoms with Crippen molar-refractivity contribution in [3.63, 3.8) is 0 Å². The molecule has 1 unspecified atom stereocenters. The van der Waals surface area contributed by atoms with Crippen molar-refractivity contribution in [1.82, 2.24) is 0 Å². The fourth-order valence-electron chi connectivity index (χ4n) is 0.207. The maximum atomic E-state index is 9.56. The van der Waals surface area contributed by atoms with Gasteiger partial charge in [0.2, 0.25) is 0 Å². The minimum absolute atomic E-state index is 0.149. The Morgan fingerprint density at radius 2 is 2.43 bits per heavy atom. The third kappa shape index (κ3) is 3.42. The highest BCUT2D eigenvalue weighted by atomic mass is 16.3. The molecular weight excluding hydrogens is 94.0 g/mol. The van der Waals surface area contributed by atoms with Crippen molar-refractivity contribution in [2.24, 2.45) is 5.73 Å². The molecule has 0 spiro atoms. The van der Waals surface area contributed by atoms with Crippen LogP contribution in [0.15, 0.2) is 0 Å². The molecule has 0 saturated carbocycles. The largest absolute Gasteiger partial charge is 0.391 e. The molecule has 0 aromatic carbocycles. The quantitative estimate of drug-likeness (QED) is 0.445. The Morgan fingerprint density at radius 1 is 1.86 bits per heavy atom.